The summed E-state index contributed by atoms with van der Waals surface area (Å²) in [7, 11) is 0. The maximum Gasteiger partial charge on any atom is 0.145 e. The molecular weight excluding hydrogens is 200 g/mol. The van der Waals surface area contributed by atoms with Gasteiger partial charge in [-0.25, -0.2) is 0 Å². The molecule has 0 radical (unpaired) electrons. The number of nitrogens with zero attached hydrogens (tertiary/aromatic N) is 3. The molecule has 0 aromatic carbocycles. The molecule has 1 aromatic heterocycles. The Morgan fingerprint density at radius 3 is 2.94 bits per heavy atom. The van der Waals surface area contributed by atoms with Crippen molar-refractivity contribution in [2.24, 2.45) is 5.92 Å². The predicted molar refractivity (Wildman–Crippen MR) is 66.1 cm³/mol. The van der Waals surface area contributed by atoms with E-state index in [9.17, 15) is 0 Å². The molecule has 0 bridgehead atoms. The van der Waals surface area contributed by atoms with Crippen molar-refractivity contribution in [2.75, 3.05) is 18.8 Å². The van der Waals surface area contributed by atoms with E-state index in [0.29, 0.717) is 5.82 Å². The zero-order valence-electron chi connectivity index (χ0n) is 10.3. The molecule has 4 heteroatoms. The van der Waals surface area contributed by atoms with E-state index in [1.165, 1.54) is 19.4 Å². The molecule has 1 aromatic rings. The van der Waals surface area contributed by atoms with E-state index in [0.717, 1.165) is 25.0 Å². The Labute approximate surface area is 97.4 Å². The van der Waals surface area contributed by atoms with Gasteiger partial charge in [-0.05, 0) is 31.4 Å². The second-order valence-electron chi connectivity index (χ2n) is 4.99. The fourth-order valence-electron chi connectivity index (χ4n) is 2.62. The highest BCUT2D eigenvalue weighted by Crippen LogP contribution is 2.23. The van der Waals surface area contributed by atoms with Crippen LogP contribution in [0.2, 0.25) is 0 Å². The summed E-state index contributed by atoms with van der Waals surface area (Å²) < 4.78 is 1.94. The second kappa shape index (κ2) is 4.87. The van der Waals surface area contributed by atoms with Crippen molar-refractivity contribution in [3.8, 4) is 0 Å². The smallest absolute Gasteiger partial charge is 0.145 e. The van der Waals surface area contributed by atoms with Gasteiger partial charge in [-0.3, -0.25) is 9.58 Å². The van der Waals surface area contributed by atoms with Crippen molar-refractivity contribution in [1.29, 1.82) is 0 Å². The minimum atomic E-state index is 0.613. The first-order valence-electron chi connectivity index (χ1n) is 6.20. The molecule has 2 heterocycles. The van der Waals surface area contributed by atoms with Crippen LogP contribution in [-0.4, -0.2) is 33.8 Å². The van der Waals surface area contributed by atoms with E-state index in [1.54, 1.807) is 0 Å². The predicted octanol–water partition coefficient (Wildman–Crippen LogP) is 1.59. The second-order valence-corrected chi connectivity index (χ2v) is 4.99. The molecule has 1 atom stereocenters. The van der Waals surface area contributed by atoms with E-state index < -0.39 is 0 Å². The van der Waals surface area contributed by atoms with Crippen molar-refractivity contribution < 1.29 is 0 Å². The van der Waals surface area contributed by atoms with Gasteiger partial charge in [0.2, 0.25) is 0 Å². The lowest BCUT2D eigenvalue weighted by Crippen LogP contribution is -2.35. The number of likely N-dealkylation sites (tertiary alicyclic amines) is 1. The third-order valence-electron chi connectivity index (χ3n) is 3.46. The van der Waals surface area contributed by atoms with Crippen molar-refractivity contribution >= 4 is 5.82 Å². The summed E-state index contributed by atoms with van der Waals surface area (Å²) in [5, 5.41) is 4.21. The number of anilines is 1. The van der Waals surface area contributed by atoms with Crippen molar-refractivity contribution in [3.05, 3.63) is 12.3 Å². The molecule has 1 saturated heterocycles. The van der Waals surface area contributed by atoms with Gasteiger partial charge >= 0.3 is 0 Å². The molecule has 90 valence electrons. The molecule has 4 nitrogen and oxygen atoms in total. The van der Waals surface area contributed by atoms with Crippen LogP contribution in [0.4, 0.5) is 5.82 Å². The van der Waals surface area contributed by atoms with E-state index >= 15 is 0 Å². The van der Waals surface area contributed by atoms with Crippen molar-refractivity contribution in [2.45, 2.75) is 39.3 Å². The number of hydrogen-bond donors (Lipinski definition) is 1. The molecule has 0 aliphatic carbocycles. The highest BCUT2D eigenvalue weighted by Gasteiger charge is 2.26. The van der Waals surface area contributed by atoms with Crippen LogP contribution in [0.5, 0.6) is 0 Å². The monoisotopic (exact) mass is 222 g/mol. The third kappa shape index (κ3) is 2.55. The van der Waals surface area contributed by atoms with Gasteiger partial charge < -0.3 is 5.73 Å². The summed E-state index contributed by atoms with van der Waals surface area (Å²) in [6, 6.07) is 2.61. The largest absolute Gasteiger partial charge is 0.382 e. The van der Waals surface area contributed by atoms with E-state index in [1.807, 2.05) is 16.9 Å². The number of aromatic nitrogens is 2. The molecule has 2 rings (SSSR count). The Kier molecular flexibility index (Phi) is 3.49. The summed E-state index contributed by atoms with van der Waals surface area (Å²) in [4.78, 5) is 2.59. The first-order valence-corrected chi connectivity index (χ1v) is 6.20. The van der Waals surface area contributed by atoms with Crippen LogP contribution in [0.15, 0.2) is 12.3 Å². The standard InChI is InChI=1S/C12H22N4/c1-10(2)11-4-3-6-15(11)8-9-16-7-5-12(13)14-16/h5,7,10-11H,3-4,6,8-9H2,1-2H3,(H2,13,14). The molecule has 0 spiro atoms. The Morgan fingerprint density at radius 1 is 1.50 bits per heavy atom. The summed E-state index contributed by atoms with van der Waals surface area (Å²) in [5.74, 6) is 1.37. The fourth-order valence-corrected chi connectivity index (χ4v) is 2.62. The Bertz CT molecular complexity index is 332. The van der Waals surface area contributed by atoms with Crippen LogP contribution in [-0.2, 0) is 6.54 Å². The lowest BCUT2D eigenvalue weighted by molar-refractivity contribution is 0.197. The van der Waals surface area contributed by atoms with E-state index in [4.69, 9.17) is 5.73 Å². The number of rotatable bonds is 4. The molecule has 2 N–H and O–H groups in total. The lowest BCUT2D eigenvalue weighted by atomic mass is 10.0. The van der Waals surface area contributed by atoms with Crippen molar-refractivity contribution in [3.63, 3.8) is 0 Å². The van der Waals surface area contributed by atoms with Gasteiger partial charge in [0, 0.05) is 18.8 Å². The Balaban J connectivity index is 1.85. The average molecular weight is 222 g/mol. The van der Waals surface area contributed by atoms with Gasteiger partial charge in [0.15, 0.2) is 0 Å². The zero-order valence-corrected chi connectivity index (χ0v) is 10.3. The van der Waals surface area contributed by atoms with Gasteiger partial charge in [-0.15, -0.1) is 0 Å². The van der Waals surface area contributed by atoms with E-state index in [2.05, 4.69) is 23.8 Å². The Morgan fingerprint density at radius 2 is 2.31 bits per heavy atom. The highest BCUT2D eigenvalue weighted by atomic mass is 15.3. The zero-order chi connectivity index (χ0) is 11.5. The van der Waals surface area contributed by atoms with Crippen molar-refractivity contribution in [1.82, 2.24) is 14.7 Å². The molecule has 1 fully saturated rings. The van der Waals surface area contributed by atoms with Gasteiger partial charge in [0.1, 0.15) is 5.82 Å². The summed E-state index contributed by atoms with van der Waals surface area (Å²) in [6.07, 6.45) is 4.64. The van der Waals surface area contributed by atoms with Crippen LogP contribution in [0.25, 0.3) is 0 Å². The fraction of sp³-hybridized carbons (Fsp3) is 0.750. The highest BCUT2D eigenvalue weighted by molar-refractivity contribution is 5.23. The van der Waals surface area contributed by atoms with Crippen LogP contribution in [0, 0.1) is 5.92 Å². The molecular formula is C12H22N4. The van der Waals surface area contributed by atoms with Gasteiger partial charge in [-0.1, -0.05) is 13.8 Å². The van der Waals surface area contributed by atoms with Crippen LogP contribution in [0.1, 0.15) is 26.7 Å². The molecule has 0 amide bonds. The average Bonchev–Trinajstić information content (AvgIpc) is 2.83. The van der Waals surface area contributed by atoms with Crippen LogP contribution < -0.4 is 5.73 Å². The topological polar surface area (TPSA) is 47.1 Å². The first-order chi connectivity index (χ1) is 7.66. The number of nitrogen functional groups attached to an aromatic ring is 1. The lowest BCUT2D eigenvalue weighted by Gasteiger charge is -2.27. The first kappa shape index (κ1) is 11.5. The van der Waals surface area contributed by atoms with Crippen LogP contribution in [0.3, 0.4) is 0 Å². The Hall–Kier alpha value is -1.03. The molecule has 1 aliphatic rings. The molecule has 0 saturated carbocycles. The summed E-state index contributed by atoms with van der Waals surface area (Å²) in [5.41, 5.74) is 5.59. The minimum absolute atomic E-state index is 0.613. The minimum Gasteiger partial charge on any atom is -0.382 e. The molecule has 1 aliphatic heterocycles. The third-order valence-corrected chi connectivity index (χ3v) is 3.46. The summed E-state index contributed by atoms with van der Waals surface area (Å²) in [6.45, 7) is 7.90. The maximum absolute atomic E-state index is 5.59. The van der Waals surface area contributed by atoms with E-state index in [-0.39, 0.29) is 0 Å². The van der Waals surface area contributed by atoms with Gasteiger partial charge in [-0.2, -0.15) is 5.10 Å². The maximum atomic E-state index is 5.59. The SMILES string of the molecule is CC(C)C1CCCN1CCn1ccc(N)n1. The quantitative estimate of drug-likeness (QED) is 0.841. The van der Waals surface area contributed by atoms with Crippen LogP contribution >= 0.6 is 0 Å². The summed E-state index contributed by atoms with van der Waals surface area (Å²) >= 11 is 0. The molecule has 1 unspecified atom stereocenters. The van der Waals surface area contributed by atoms with Gasteiger partial charge in [0.05, 0.1) is 6.54 Å². The number of nitrogens with two attached hydrogens (primary N) is 1. The normalized spacial score (nSPS) is 22.1. The van der Waals surface area contributed by atoms with Gasteiger partial charge in [0.25, 0.3) is 0 Å². The molecule has 16 heavy (non-hydrogen) atoms. The number of hydrogen-bond acceptors (Lipinski definition) is 3.